The zero-order valence-electron chi connectivity index (χ0n) is 9.87. The number of H-pyrrole nitrogens is 1. The molecule has 0 bridgehead atoms. The fourth-order valence-corrected chi connectivity index (χ4v) is 3.29. The van der Waals surface area contributed by atoms with Gasteiger partial charge in [0.05, 0.1) is 10.7 Å². The highest BCUT2D eigenvalue weighted by molar-refractivity contribution is 7.98. The molecule has 1 aliphatic rings. The molecule has 0 radical (unpaired) electrons. The third kappa shape index (κ3) is 2.40. The van der Waals surface area contributed by atoms with Crippen LogP contribution in [0.5, 0.6) is 0 Å². The Morgan fingerprint density at radius 1 is 1.42 bits per heavy atom. The van der Waals surface area contributed by atoms with Crippen LogP contribution >= 0.6 is 23.4 Å². The SMILES string of the molecule is O=c1[nH]c(Cc2cccc(Cl)c2F)nc2c1CSC2. The van der Waals surface area contributed by atoms with Gasteiger partial charge in [0, 0.05) is 23.5 Å². The summed E-state index contributed by atoms with van der Waals surface area (Å²) in [5.74, 6) is 1.46. The lowest BCUT2D eigenvalue weighted by Gasteiger charge is -2.05. The molecule has 0 amide bonds. The lowest BCUT2D eigenvalue weighted by Crippen LogP contribution is -2.17. The van der Waals surface area contributed by atoms with Crippen LogP contribution in [-0.2, 0) is 17.9 Å². The van der Waals surface area contributed by atoms with Crippen molar-refractivity contribution in [1.82, 2.24) is 9.97 Å². The van der Waals surface area contributed by atoms with Gasteiger partial charge in [-0.3, -0.25) is 4.79 Å². The highest BCUT2D eigenvalue weighted by Gasteiger charge is 2.18. The molecule has 19 heavy (non-hydrogen) atoms. The number of aromatic amines is 1. The zero-order chi connectivity index (χ0) is 13.4. The molecule has 1 N–H and O–H groups in total. The Balaban J connectivity index is 1.98. The zero-order valence-corrected chi connectivity index (χ0v) is 11.4. The van der Waals surface area contributed by atoms with Crippen molar-refractivity contribution in [2.45, 2.75) is 17.9 Å². The number of fused-ring (bicyclic) bond motifs is 1. The average molecular weight is 297 g/mol. The van der Waals surface area contributed by atoms with E-state index in [1.165, 1.54) is 6.07 Å². The molecule has 0 fully saturated rings. The molecular weight excluding hydrogens is 287 g/mol. The van der Waals surface area contributed by atoms with E-state index in [0.717, 1.165) is 17.0 Å². The Hall–Kier alpha value is -1.33. The van der Waals surface area contributed by atoms with Gasteiger partial charge in [-0.25, -0.2) is 9.37 Å². The van der Waals surface area contributed by atoms with Crippen molar-refractivity contribution in [2.75, 3.05) is 0 Å². The molecular formula is C13H10ClFN2OS. The molecule has 1 aromatic carbocycles. The van der Waals surface area contributed by atoms with Gasteiger partial charge in [0.25, 0.3) is 5.56 Å². The highest BCUT2D eigenvalue weighted by atomic mass is 35.5. The summed E-state index contributed by atoms with van der Waals surface area (Å²) in [6.45, 7) is 0. The smallest absolute Gasteiger partial charge is 0.255 e. The maximum Gasteiger partial charge on any atom is 0.255 e. The molecule has 0 saturated carbocycles. The Morgan fingerprint density at radius 3 is 3.11 bits per heavy atom. The van der Waals surface area contributed by atoms with Crippen LogP contribution in [0.4, 0.5) is 4.39 Å². The van der Waals surface area contributed by atoms with Crippen molar-refractivity contribution < 1.29 is 4.39 Å². The van der Waals surface area contributed by atoms with Gasteiger partial charge in [-0.15, -0.1) is 0 Å². The average Bonchev–Trinajstić information content (AvgIpc) is 2.84. The van der Waals surface area contributed by atoms with Crippen LogP contribution in [0.25, 0.3) is 0 Å². The van der Waals surface area contributed by atoms with Crippen LogP contribution in [-0.4, -0.2) is 9.97 Å². The van der Waals surface area contributed by atoms with E-state index in [2.05, 4.69) is 9.97 Å². The van der Waals surface area contributed by atoms with E-state index in [9.17, 15) is 9.18 Å². The summed E-state index contributed by atoms with van der Waals surface area (Å²) in [7, 11) is 0. The van der Waals surface area contributed by atoms with Crippen molar-refractivity contribution in [3.8, 4) is 0 Å². The summed E-state index contributed by atoms with van der Waals surface area (Å²) in [6.07, 6.45) is 0.236. The largest absolute Gasteiger partial charge is 0.310 e. The third-order valence-corrected chi connectivity index (χ3v) is 4.29. The van der Waals surface area contributed by atoms with Crippen LogP contribution < -0.4 is 5.56 Å². The van der Waals surface area contributed by atoms with Gasteiger partial charge < -0.3 is 4.98 Å². The summed E-state index contributed by atoms with van der Waals surface area (Å²) >= 11 is 7.39. The molecule has 0 spiro atoms. The first-order valence-electron chi connectivity index (χ1n) is 5.76. The number of aromatic nitrogens is 2. The molecule has 98 valence electrons. The fourth-order valence-electron chi connectivity index (χ4n) is 2.06. The first-order valence-corrected chi connectivity index (χ1v) is 7.30. The topological polar surface area (TPSA) is 45.8 Å². The predicted molar refractivity (Wildman–Crippen MR) is 74.1 cm³/mol. The molecule has 6 heteroatoms. The summed E-state index contributed by atoms with van der Waals surface area (Å²) < 4.78 is 13.8. The van der Waals surface area contributed by atoms with Crippen LogP contribution in [0.2, 0.25) is 5.02 Å². The molecule has 1 aromatic heterocycles. The van der Waals surface area contributed by atoms with Gasteiger partial charge in [-0.1, -0.05) is 23.7 Å². The van der Waals surface area contributed by atoms with E-state index < -0.39 is 5.82 Å². The van der Waals surface area contributed by atoms with E-state index >= 15 is 0 Å². The van der Waals surface area contributed by atoms with Gasteiger partial charge in [0.15, 0.2) is 0 Å². The van der Waals surface area contributed by atoms with Crippen LogP contribution in [0, 0.1) is 5.82 Å². The van der Waals surface area contributed by atoms with Crippen molar-refractivity contribution >= 4 is 23.4 Å². The van der Waals surface area contributed by atoms with Crippen LogP contribution in [0.15, 0.2) is 23.0 Å². The van der Waals surface area contributed by atoms with E-state index in [0.29, 0.717) is 17.1 Å². The van der Waals surface area contributed by atoms with E-state index in [1.54, 1.807) is 23.9 Å². The number of halogens is 2. The molecule has 2 heterocycles. The first-order chi connectivity index (χ1) is 9.15. The Morgan fingerprint density at radius 2 is 2.26 bits per heavy atom. The first kappa shape index (κ1) is 12.7. The van der Waals surface area contributed by atoms with Gasteiger partial charge >= 0.3 is 0 Å². The van der Waals surface area contributed by atoms with Gasteiger partial charge in [0.2, 0.25) is 0 Å². The van der Waals surface area contributed by atoms with Crippen molar-refractivity contribution in [3.63, 3.8) is 0 Å². The minimum absolute atomic E-state index is 0.0802. The second-order valence-corrected chi connectivity index (χ2v) is 5.71. The second kappa shape index (κ2) is 4.98. The monoisotopic (exact) mass is 296 g/mol. The predicted octanol–water partition coefficient (Wildman–Crippen LogP) is 2.90. The second-order valence-electron chi connectivity index (χ2n) is 4.32. The van der Waals surface area contributed by atoms with Gasteiger partial charge in [-0.05, 0) is 11.6 Å². The summed E-state index contributed by atoms with van der Waals surface area (Å²) in [5, 5.41) is 0.0802. The molecule has 1 aliphatic heterocycles. The lowest BCUT2D eigenvalue weighted by atomic mass is 10.1. The number of nitrogens with zero attached hydrogens (tertiary/aromatic N) is 1. The molecule has 0 unspecified atom stereocenters. The minimum Gasteiger partial charge on any atom is -0.310 e. The fraction of sp³-hybridized carbons (Fsp3) is 0.231. The maximum atomic E-state index is 13.8. The maximum absolute atomic E-state index is 13.8. The summed E-state index contributed by atoms with van der Waals surface area (Å²) in [5.41, 5.74) is 1.86. The van der Waals surface area contributed by atoms with Crippen molar-refractivity contribution in [2.24, 2.45) is 0 Å². The molecule has 0 atom stereocenters. The number of benzene rings is 1. The van der Waals surface area contributed by atoms with Crippen LogP contribution in [0.1, 0.15) is 22.6 Å². The number of hydrogen-bond donors (Lipinski definition) is 1. The summed E-state index contributed by atoms with van der Waals surface area (Å²) in [4.78, 5) is 19.0. The molecule has 0 saturated heterocycles. The minimum atomic E-state index is -0.457. The normalized spacial score (nSPS) is 13.6. The van der Waals surface area contributed by atoms with Gasteiger partial charge in [0.1, 0.15) is 11.6 Å². The van der Waals surface area contributed by atoms with Crippen molar-refractivity contribution in [3.05, 3.63) is 62.0 Å². The van der Waals surface area contributed by atoms with E-state index in [1.807, 2.05) is 0 Å². The lowest BCUT2D eigenvalue weighted by molar-refractivity contribution is 0.612. The van der Waals surface area contributed by atoms with Crippen LogP contribution in [0.3, 0.4) is 0 Å². The highest BCUT2D eigenvalue weighted by Crippen LogP contribution is 2.26. The number of rotatable bonds is 2. The number of thioether (sulfide) groups is 1. The van der Waals surface area contributed by atoms with Gasteiger partial charge in [-0.2, -0.15) is 11.8 Å². The standard InChI is InChI=1S/C13H10ClFN2OS/c14-9-3-1-2-7(12(9)15)4-11-16-10-6-19-5-8(10)13(18)17-11/h1-3H,4-6H2,(H,16,17,18). The Bertz CT molecular complexity index is 702. The third-order valence-electron chi connectivity index (χ3n) is 3.02. The number of nitrogens with one attached hydrogen (secondary N) is 1. The molecule has 0 aliphatic carbocycles. The summed E-state index contributed by atoms with van der Waals surface area (Å²) in [6, 6.07) is 4.82. The van der Waals surface area contributed by atoms with E-state index in [-0.39, 0.29) is 17.0 Å². The number of hydrogen-bond acceptors (Lipinski definition) is 3. The quantitative estimate of drug-likeness (QED) is 0.927. The Labute approximate surface area is 118 Å². The van der Waals surface area contributed by atoms with E-state index in [4.69, 9.17) is 11.6 Å². The molecule has 3 rings (SSSR count). The molecule has 2 aromatic rings. The Kier molecular flexibility index (Phi) is 3.33. The van der Waals surface area contributed by atoms with Crippen molar-refractivity contribution in [1.29, 1.82) is 0 Å². The molecule has 3 nitrogen and oxygen atoms in total.